The van der Waals surface area contributed by atoms with Crippen LogP contribution < -0.4 is 5.32 Å². The molecule has 0 spiro atoms. The van der Waals surface area contributed by atoms with Crippen molar-refractivity contribution in [2.45, 2.75) is 13.0 Å². The third kappa shape index (κ3) is 2.65. The van der Waals surface area contributed by atoms with E-state index in [1.165, 1.54) is 11.3 Å². The summed E-state index contributed by atoms with van der Waals surface area (Å²) in [5.74, 6) is 1.37. The van der Waals surface area contributed by atoms with E-state index < -0.39 is 0 Å². The summed E-state index contributed by atoms with van der Waals surface area (Å²) in [7, 11) is 1.80. The molecule has 1 N–H and O–H groups in total. The number of anilines is 1. The van der Waals surface area contributed by atoms with E-state index in [2.05, 4.69) is 20.5 Å². The van der Waals surface area contributed by atoms with Crippen LogP contribution in [0.15, 0.2) is 35.1 Å². The highest BCUT2D eigenvalue weighted by Gasteiger charge is 2.25. The van der Waals surface area contributed by atoms with Gasteiger partial charge in [0.05, 0.1) is 18.2 Å². The van der Waals surface area contributed by atoms with Gasteiger partial charge in [-0.25, -0.2) is 4.98 Å². The number of nitrogens with zero attached hydrogens (tertiary/aromatic N) is 4. The SMILES string of the molecule is CNc1cc2c(nn1)CCN(C(=O)c1cnc(-c3ccco3)s1)C2. The van der Waals surface area contributed by atoms with E-state index in [1.807, 2.05) is 17.0 Å². The number of carbonyl (C=O) groups excluding carboxylic acids is 1. The number of nitrogens with one attached hydrogen (secondary N) is 1. The molecule has 122 valence electrons. The maximum atomic E-state index is 12.8. The standard InChI is InChI=1S/C16H15N5O2S/c1-17-14-7-10-9-21(5-4-11(10)19-20-14)16(22)13-8-18-15(24-13)12-3-2-6-23-12/h2-3,6-8H,4-5,9H2,1H3,(H,17,20). The van der Waals surface area contributed by atoms with Gasteiger partial charge in [-0.1, -0.05) is 0 Å². The fraction of sp³-hybridized carbons (Fsp3) is 0.250. The van der Waals surface area contributed by atoms with E-state index in [4.69, 9.17) is 4.42 Å². The lowest BCUT2D eigenvalue weighted by Gasteiger charge is -2.27. The van der Waals surface area contributed by atoms with E-state index in [0.29, 0.717) is 41.0 Å². The van der Waals surface area contributed by atoms with Crippen molar-refractivity contribution in [3.05, 3.63) is 46.8 Å². The molecule has 1 aliphatic heterocycles. The second-order valence-corrected chi connectivity index (χ2v) is 6.47. The number of hydrogen-bond acceptors (Lipinski definition) is 7. The van der Waals surface area contributed by atoms with Crippen LogP contribution >= 0.6 is 11.3 Å². The van der Waals surface area contributed by atoms with E-state index in [9.17, 15) is 4.79 Å². The zero-order valence-electron chi connectivity index (χ0n) is 13.0. The Morgan fingerprint density at radius 1 is 1.42 bits per heavy atom. The number of rotatable bonds is 3. The van der Waals surface area contributed by atoms with Crippen LogP contribution in [0.25, 0.3) is 10.8 Å². The maximum absolute atomic E-state index is 12.8. The summed E-state index contributed by atoms with van der Waals surface area (Å²) in [5.41, 5.74) is 1.99. The smallest absolute Gasteiger partial charge is 0.265 e. The van der Waals surface area contributed by atoms with Gasteiger partial charge < -0.3 is 14.6 Å². The molecular formula is C16H15N5O2S. The lowest BCUT2D eigenvalue weighted by atomic mass is 10.1. The van der Waals surface area contributed by atoms with Crippen molar-refractivity contribution in [2.24, 2.45) is 0 Å². The number of carbonyl (C=O) groups is 1. The maximum Gasteiger partial charge on any atom is 0.265 e. The fourth-order valence-corrected chi connectivity index (χ4v) is 3.52. The van der Waals surface area contributed by atoms with Gasteiger partial charge in [0.15, 0.2) is 10.8 Å². The molecule has 4 heterocycles. The van der Waals surface area contributed by atoms with Crippen LogP contribution in [0.1, 0.15) is 20.9 Å². The minimum Gasteiger partial charge on any atom is -0.462 e. The summed E-state index contributed by atoms with van der Waals surface area (Å²) in [5, 5.41) is 12.0. The monoisotopic (exact) mass is 341 g/mol. The van der Waals surface area contributed by atoms with Crippen molar-refractivity contribution < 1.29 is 9.21 Å². The Kier molecular flexibility index (Phi) is 3.73. The van der Waals surface area contributed by atoms with Crippen LogP contribution in [0, 0.1) is 0 Å². The van der Waals surface area contributed by atoms with Gasteiger partial charge in [0, 0.05) is 26.6 Å². The molecule has 7 nitrogen and oxygen atoms in total. The Balaban J connectivity index is 1.55. The van der Waals surface area contributed by atoms with Crippen LogP contribution in [0.3, 0.4) is 0 Å². The number of fused-ring (bicyclic) bond motifs is 1. The molecule has 0 atom stereocenters. The average molecular weight is 341 g/mol. The highest BCUT2D eigenvalue weighted by molar-refractivity contribution is 7.16. The van der Waals surface area contributed by atoms with Crippen molar-refractivity contribution in [3.63, 3.8) is 0 Å². The van der Waals surface area contributed by atoms with Gasteiger partial charge in [-0.2, -0.15) is 5.10 Å². The number of amides is 1. The first-order chi connectivity index (χ1) is 11.7. The molecule has 24 heavy (non-hydrogen) atoms. The van der Waals surface area contributed by atoms with Gasteiger partial charge in [0.1, 0.15) is 10.7 Å². The molecule has 8 heteroatoms. The van der Waals surface area contributed by atoms with Gasteiger partial charge >= 0.3 is 0 Å². The van der Waals surface area contributed by atoms with Gasteiger partial charge in [-0.05, 0) is 23.8 Å². The topological polar surface area (TPSA) is 84.2 Å². The first-order valence-electron chi connectivity index (χ1n) is 7.57. The number of thiazole rings is 1. The molecule has 0 fully saturated rings. The first-order valence-corrected chi connectivity index (χ1v) is 8.38. The van der Waals surface area contributed by atoms with Gasteiger partial charge in [-0.15, -0.1) is 16.4 Å². The predicted molar refractivity (Wildman–Crippen MR) is 89.8 cm³/mol. The van der Waals surface area contributed by atoms with Crippen molar-refractivity contribution in [3.8, 4) is 10.8 Å². The van der Waals surface area contributed by atoms with Crippen molar-refractivity contribution in [2.75, 3.05) is 18.9 Å². The summed E-state index contributed by atoms with van der Waals surface area (Å²) in [4.78, 5) is 19.5. The van der Waals surface area contributed by atoms with Crippen LogP contribution in [0.4, 0.5) is 5.82 Å². The minimum atomic E-state index is -0.0150. The molecule has 1 amide bonds. The molecule has 0 saturated heterocycles. The predicted octanol–water partition coefficient (Wildman–Crippen LogP) is 2.43. The molecule has 3 aromatic rings. The Bertz CT molecular complexity index is 874. The normalized spacial score (nSPS) is 13.6. The Hall–Kier alpha value is -2.74. The summed E-state index contributed by atoms with van der Waals surface area (Å²) in [6.45, 7) is 1.17. The molecule has 1 aliphatic rings. The lowest BCUT2D eigenvalue weighted by Crippen LogP contribution is -2.36. The summed E-state index contributed by atoms with van der Waals surface area (Å²) < 4.78 is 5.33. The van der Waals surface area contributed by atoms with Crippen molar-refractivity contribution in [1.29, 1.82) is 0 Å². The average Bonchev–Trinajstić information content (AvgIpc) is 3.31. The number of furan rings is 1. The molecule has 4 rings (SSSR count). The van der Waals surface area contributed by atoms with Crippen molar-refractivity contribution >= 4 is 23.1 Å². The molecule has 0 aliphatic carbocycles. The van der Waals surface area contributed by atoms with E-state index >= 15 is 0 Å². The Morgan fingerprint density at radius 3 is 3.12 bits per heavy atom. The van der Waals surface area contributed by atoms with E-state index in [1.54, 1.807) is 25.6 Å². The quantitative estimate of drug-likeness (QED) is 0.788. The van der Waals surface area contributed by atoms with Gasteiger partial charge in [-0.3, -0.25) is 4.79 Å². The van der Waals surface area contributed by atoms with Crippen LogP contribution in [0.2, 0.25) is 0 Å². The summed E-state index contributed by atoms with van der Waals surface area (Å²) in [6, 6.07) is 5.59. The molecule has 0 saturated carbocycles. The van der Waals surface area contributed by atoms with Crippen LogP contribution in [-0.2, 0) is 13.0 Å². The molecule has 0 bridgehead atoms. The molecule has 0 unspecified atom stereocenters. The summed E-state index contributed by atoms with van der Waals surface area (Å²) in [6.07, 6.45) is 3.92. The molecule has 3 aromatic heterocycles. The second kappa shape index (κ2) is 6.04. The Labute approximate surface area is 142 Å². The fourth-order valence-electron chi connectivity index (χ4n) is 2.67. The highest BCUT2D eigenvalue weighted by Crippen LogP contribution is 2.27. The van der Waals surface area contributed by atoms with E-state index in [0.717, 1.165) is 11.3 Å². The summed E-state index contributed by atoms with van der Waals surface area (Å²) >= 11 is 1.34. The Morgan fingerprint density at radius 2 is 2.33 bits per heavy atom. The van der Waals surface area contributed by atoms with Gasteiger partial charge in [0.2, 0.25) is 0 Å². The zero-order valence-corrected chi connectivity index (χ0v) is 13.8. The van der Waals surface area contributed by atoms with Gasteiger partial charge in [0.25, 0.3) is 5.91 Å². The third-order valence-corrected chi connectivity index (χ3v) is 4.93. The minimum absolute atomic E-state index is 0.0150. The van der Waals surface area contributed by atoms with Crippen molar-refractivity contribution in [1.82, 2.24) is 20.1 Å². The van der Waals surface area contributed by atoms with E-state index in [-0.39, 0.29) is 5.91 Å². The third-order valence-electron chi connectivity index (χ3n) is 3.93. The second-order valence-electron chi connectivity index (χ2n) is 5.44. The highest BCUT2D eigenvalue weighted by atomic mass is 32.1. The molecular weight excluding hydrogens is 326 g/mol. The number of hydrogen-bond donors (Lipinski definition) is 1. The first kappa shape index (κ1) is 14.8. The van der Waals surface area contributed by atoms with Crippen LogP contribution in [-0.4, -0.2) is 39.6 Å². The zero-order chi connectivity index (χ0) is 16.5. The molecule has 0 aromatic carbocycles. The lowest BCUT2D eigenvalue weighted by molar-refractivity contribution is 0.0738. The van der Waals surface area contributed by atoms with Crippen LogP contribution in [0.5, 0.6) is 0 Å². The molecule has 0 radical (unpaired) electrons. The largest absolute Gasteiger partial charge is 0.462 e. The number of aromatic nitrogens is 3.